The third kappa shape index (κ3) is 5.37. The smallest absolute Gasteiger partial charge is 0.229 e. The van der Waals surface area contributed by atoms with Crippen LogP contribution < -0.4 is 14.9 Å². The van der Waals surface area contributed by atoms with Gasteiger partial charge in [-0.1, -0.05) is 0 Å². The first-order valence-electron chi connectivity index (χ1n) is 12.8. The first-order valence-corrected chi connectivity index (χ1v) is 12.8. The van der Waals surface area contributed by atoms with Crippen LogP contribution >= 0.6 is 0 Å². The molecule has 3 heterocycles. The van der Waals surface area contributed by atoms with Crippen molar-refractivity contribution in [3.05, 3.63) is 46.6 Å². The van der Waals surface area contributed by atoms with Gasteiger partial charge in [0.05, 0.1) is 20.3 Å². The minimum Gasteiger partial charge on any atom is -0.504 e. The first kappa shape index (κ1) is 30.0. The molecule has 1 aromatic heterocycles. The molecule has 3 aromatic rings. The van der Waals surface area contributed by atoms with Gasteiger partial charge in [-0.15, -0.1) is 0 Å². The second-order valence-corrected chi connectivity index (χ2v) is 9.78. The predicted molar refractivity (Wildman–Crippen MR) is 139 cm³/mol. The zero-order valence-electron chi connectivity index (χ0n) is 22.0. The Morgan fingerprint density at radius 2 is 1.50 bits per heavy atom. The summed E-state index contributed by atoms with van der Waals surface area (Å²) in [5, 5.41) is 80.8. The Morgan fingerprint density at radius 3 is 2.19 bits per heavy atom. The lowest BCUT2D eigenvalue weighted by molar-refractivity contribution is -0.323. The molecule has 0 bridgehead atoms. The number of hydrogen-bond donors (Lipinski definition) is 8. The second kappa shape index (κ2) is 12.0. The summed E-state index contributed by atoms with van der Waals surface area (Å²) in [6.45, 7) is -1.39. The predicted octanol–water partition coefficient (Wildman–Crippen LogP) is -1.48. The molecule has 0 radical (unpaired) electrons. The molecule has 5 rings (SSSR count). The minimum atomic E-state index is -1.80. The quantitative estimate of drug-likeness (QED) is 0.148. The Labute approximate surface area is 236 Å². The number of rotatable bonds is 8. The third-order valence-corrected chi connectivity index (χ3v) is 7.15. The fraction of sp³-hybridized carbons (Fsp3) is 0.444. The molecule has 2 fully saturated rings. The topological polar surface area (TPSA) is 238 Å². The van der Waals surface area contributed by atoms with Gasteiger partial charge in [0.1, 0.15) is 53.4 Å². The Hall–Kier alpha value is -3.51. The number of phenols is 2. The molecule has 0 unspecified atom stereocenters. The monoisotopic (exact) mass is 594 g/mol. The van der Waals surface area contributed by atoms with Gasteiger partial charge in [-0.05, 0) is 30.3 Å². The molecule has 2 aliphatic heterocycles. The van der Waals surface area contributed by atoms with Crippen LogP contribution in [-0.4, -0.2) is 116 Å². The van der Waals surface area contributed by atoms with Crippen molar-refractivity contribution in [3.8, 4) is 34.3 Å². The minimum absolute atomic E-state index is 0.0101. The summed E-state index contributed by atoms with van der Waals surface area (Å²) in [6.07, 6.45) is -14.0. The Bertz CT molecular complexity index is 1470. The number of methoxy groups -OCH3 is 1. The van der Waals surface area contributed by atoms with E-state index in [1.807, 2.05) is 0 Å². The molecule has 0 saturated carbocycles. The fourth-order valence-electron chi connectivity index (χ4n) is 4.84. The van der Waals surface area contributed by atoms with Crippen molar-refractivity contribution in [2.45, 2.75) is 55.3 Å². The van der Waals surface area contributed by atoms with Crippen molar-refractivity contribution in [2.24, 2.45) is 0 Å². The maximum Gasteiger partial charge on any atom is 0.229 e. The Morgan fingerprint density at radius 1 is 0.810 bits per heavy atom. The van der Waals surface area contributed by atoms with Gasteiger partial charge in [0, 0.05) is 11.6 Å². The van der Waals surface area contributed by atoms with Crippen LogP contribution in [0.3, 0.4) is 0 Å². The fourth-order valence-corrected chi connectivity index (χ4v) is 4.84. The van der Waals surface area contributed by atoms with Gasteiger partial charge in [0.2, 0.25) is 6.29 Å². The molecule has 2 saturated heterocycles. The molecule has 8 N–H and O–H groups in total. The van der Waals surface area contributed by atoms with E-state index in [-0.39, 0.29) is 34.0 Å². The van der Waals surface area contributed by atoms with Gasteiger partial charge in [-0.25, -0.2) is 0 Å². The Kier molecular flexibility index (Phi) is 8.56. The van der Waals surface area contributed by atoms with Gasteiger partial charge in [0.25, 0.3) is 0 Å². The van der Waals surface area contributed by atoms with Gasteiger partial charge >= 0.3 is 0 Å². The molecule has 0 amide bonds. The third-order valence-electron chi connectivity index (χ3n) is 7.15. The van der Waals surface area contributed by atoms with E-state index in [2.05, 4.69) is 0 Å². The van der Waals surface area contributed by atoms with Crippen LogP contribution in [0.5, 0.6) is 23.0 Å². The maximum absolute atomic E-state index is 13.0. The lowest BCUT2D eigenvalue weighted by Crippen LogP contribution is -2.60. The van der Waals surface area contributed by atoms with Crippen LogP contribution in [0.4, 0.5) is 0 Å². The number of aliphatic hydroxyl groups excluding tert-OH is 6. The van der Waals surface area contributed by atoms with E-state index in [1.165, 1.54) is 37.4 Å². The van der Waals surface area contributed by atoms with E-state index >= 15 is 0 Å². The van der Waals surface area contributed by atoms with Crippen molar-refractivity contribution in [2.75, 3.05) is 20.3 Å². The first-order chi connectivity index (χ1) is 20.1. The van der Waals surface area contributed by atoms with Crippen molar-refractivity contribution in [1.29, 1.82) is 0 Å². The van der Waals surface area contributed by atoms with Gasteiger partial charge in [-0.2, -0.15) is 0 Å². The molecule has 0 spiro atoms. The highest BCUT2D eigenvalue weighted by Gasteiger charge is 2.51. The molecule has 15 nitrogen and oxygen atoms in total. The van der Waals surface area contributed by atoms with Crippen LogP contribution in [-0.2, 0) is 14.2 Å². The van der Waals surface area contributed by atoms with E-state index in [9.17, 15) is 45.6 Å². The highest BCUT2D eigenvalue weighted by molar-refractivity contribution is 5.87. The molecular weight excluding hydrogens is 564 g/mol. The van der Waals surface area contributed by atoms with Crippen molar-refractivity contribution in [1.82, 2.24) is 0 Å². The number of fused-ring (bicyclic) bond motifs is 1. The maximum atomic E-state index is 13.0. The molecule has 42 heavy (non-hydrogen) atoms. The van der Waals surface area contributed by atoms with Gasteiger partial charge in [0.15, 0.2) is 40.8 Å². The van der Waals surface area contributed by atoms with Crippen LogP contribution in [0.15, 0.2) is 45.6 Å². The highest BCUT2D eigenvalue weighted by atomic mass is 16.8. The van der Waals surface area contributed by atoms with Crippen LogP contribution in [0.2, 0.25) is 0 Å². The zero-order chi connectivity index (χ0) is 30.3. The average Bonchev–Trinajstić information content (AvgIpc) is 3.28. The summed E-state index contributed by atoms with van der Waals surface area (Å²) in [5.41, 5.74) is -0.236. The number of aromatic hydroxyl groups is 2. The van der Waals surface area contributed by atoms with E-state index in [0.29, 0.717) is 5.56 Å². The SMILES string of the molecule is COc1cc(-c2cc(=O)c3c(O)c(O[C@H]4O[C@H](CO)[C@H](O)[C@H]4O[C@H]4O[C@H](CO)[C@@H](O)[C@@H](O)[C@H]4O)ccc3o2)ccc1O. The summed E-state index contributed by atoms with van der Waals surface area (Å²) in [5.74, 6) is -0.747. The number of hydrogen-bond acceptors (Lipinski definition) is 15. The molecule has 15 heteroatoms. The summed E-state index contributed by atoms with van der Waals surface area (Å²) >= 11 is 0. The molecule has 9 atom stereocenters. The highest BCUT2D eigenvalue weighted by Crippen LogP contribution is 2.38. The summed E-state index contributed by atoms with van der Waals surface area (Å²) in [4.78, 5) is 13.0. The lowest BCUT2D eigenvalue weighted by Gasteiger charge is -2.41. The van der Waals surface area contributed by atoms with E-state index in [1.54, 1.807) is 0 Å². The summed E-state index contributed by atoms with van der Waals surface area (Å²) in [7, 11) is 1.37. The van der Waals surface area contributed by atoms with Crippen LogP contribution in [0.1, 0.15) is 0 Å². The van der Waals surface area contributed by atoms with Crippen LogP contribution in [0, 0.1) is 0 Å². The number of benzene rings is 2. The molecule has 228 valence electrons. The van der Waals surface area contributed by atoms with Crippen molar-refractivity contribution >= 4 is 11.0 Å². The van der Waals surface area contributed by atoms with Gasteiger partial charge < -0.3 is 69.0 Å². The summed E-state index contributed by atoms with van der Waals surface area (Å²) in [6, 6.07) is 8.07. The molecule has 2 aliphatic rings. The van der Waals surface area contributed by atoms with E-state index < -0.39 is 79.7 Å². The summed E-state index contributed by atoms with van der Waals surface area (Å²) < 4.78 is 33.1. The van der Waals surface area contributed by atoms with Crippen molar-refractivity contribution < 1.29 is 69.0 Å². The number of aliphatic hydroxyl groups is 6. The molecule has 0 aliphatic carbocycles. The van der Waals surface area contributed by atoms with Crippen molar-refractivity contribution in [3.63, 3.8) is 0 Å². The normalized spacial score (nSPS) is 31.4. The Balaban J connectivity index is 1.43. The zero-order valence-corrected chi connectivity index (χ0v) is 22.0. The molecule has 2 aromatic carbocycles. The average molecular weight is 595 g/mol. The van der Waals surface area contributed by atoms with E-state index in [0.717, 1.165) is 6.07 Å². The van der Waals surface area contributed by atoms with Gasteiger partial charge in [-0.3, -0.25) is 4.79 Å². The lowest BCUT2D eigenvalue weighted by atomic mass is 9.99. The number of ether oxygens (including phenoxy) is 5. The van der Waals surface area contributed by atoms with E-state index in [4.69, 9.17) is 28.1 Å². The molecular formula is C27H30O15. The number of phenolic OH excluding ortho intramolecular Hbond substituents is 2. The standard InChI is InChI=1S/C27H30O15/c1-37-16-6-10(2-3-11(16)30)15-7-12(31)19-13(38-15)4-5-14(20(19)32)39-27-25(22(34)18(9-29)41-27)42-26-24(36)23(35)21(33)17(8-28)40-26/h2-7,17-18,21-30,32-36H,8-9H2,1H3/t17-,18-,21-,22+,23-,24-,25-,26-,27+/m1/s1. The largest absolute Gasteiger partial charge is 0.504 e. The van der Waals surface area contributed by atoms with Crippen LogP contribution in [0.25, 0.3) is 22.3 Å². The second-order valence-electron chi connectivity index (χ2n) is 9.78.